The molecule has 13 heteroatoms. The molecule has 0 saturated carbocycles. The highest BCUT2D eigenvalue weighted by atomic mass is 32.2. The standard InChI is InChI=1S/C24H24F3NO7S2/c1-33-15-14-28(36(29,30)22-12-10-20(34-2)11-13-22)17-18-6-8-21(9-7-18)35-37(31,32)23-5-3-4-19(16-23)24(25,26)27/h3-13,16H,14-15,17H2,1-2H3. The van der Waals surface area contributed by atoms with Crippen molar-refractivity contribution >= 4 is 20.1 Å². The molecule has 37 heavy (non-hydrogen) atoms. The Morgan fingerprint density at radius 3 is 2.00 bits per heavy atom. The van der Waals surface area contributed by atoms with Crippen LogP contribution in [0, 0.1) is 0 Å². The monoisotopic (exact) mass is 559 g/mol. The van der Waals surface area contributed by atoms with Crippen LogP contribution in [0.15, 0.2) is 82.6 Å². The van der Waals surface area contributed by atoms with Crippen molar-refractivity contribution in [2.24, 2.45) is 0 Å². The Morgan fingerprint density at radius 2 is 1.43 bits per heavy atom. The lowest BCUT2D eigenvalue weighted by molar-refractivity contribution is -0.137. The van der Waals surface area contributed by atoms with Crippen LogP contribution in [-0.4, -0.2) is 48.5 Å². The fourth-order valence-electron chi connectivity index (χ4n) is 3.23. The van der Waals surface area contributed by atoms with Crippen LogP contribution in [0.1, 0.15) is 11.1 Å². The van der Waals surface area contributed by atoms with E-state index in [2.05, 4.69) is 0 Å². The second-order valence-corrected chi connectivity index (χ2v) is 11.2. The van der Waals surface area contributed by atoms with Gasteiger partial charge in [0, 0.05) is 20.2 Å². The van der Waals surface area contributed by atoms with E-state index < -0.39 is 36.8 Å². The summed E-state index contributed by atoms with van der Waals surface area (Å²) in [6.07, 6.45) is -4.71. The lowest BCUT2D eigenvalue weighted by Gasteiger charge is -2.22. The van der Waals surface area contributed by atoms with Gasteiger partial charge in [0.05, 0.1) is 24.2 Å². The van der Waals surface area contributed by atoms with E-state index in [1.165, 1.54) is 67.1 Å². The summed E-state index contributed by atoms with van der Waals surface area (Å²) >= 11 is 0. The van der Waals surface area contributed by atoms with E-state index in [1.54, 1.807) is 0 Å². The van der Waals surface area contributed by atoms with Crippen LogP contribution in [0.25, 0.3) is 0 Å². The minimum Gasteiger partial charge on any atom is -0.497 e. The fraction of sp³-hybridized carbons (Fsp3) is 0.250. The Hall–Kier alpha value is -3.13. The molecule has 3 rings (SSSR count). The average molecular weight is 560 g/mol. The van der Waals surface area contributed by atoms with Gasteiger partial charge in [-0.3, -0.25) is 0 Å². The van der Waals surface area contributed by atoms with Gasteiger partial charge in [0.25, 0.3) is 0 Å². The van der Waals surface area contributed by atoms with Crippen molar-refractivity contribution in [3.63, 3.8) is 0 Å². The average Bonchev–Trinajstić information content (AvgIpc) is 2.87. The number of sulfonamides is 1. The first-order valence-electron chi connectivity index (χ1n) is 10.7. The molecule has 0 heterocycles. The Balaban J connectivity index is 1.79. The van der Waals surface area contributed by atoms with Gasteiger partial charge in [-0.15, -0.1) is 0 Å². The molecule has 0 spiro atoms. The van der Waals surface area contributed by atoms with E-state index in [0.29, 0.717) is 17.4 Å². The lowest BCUT2D eigenvalue weighted by atomic mass is 10.2. The molecule has 0 aliphatic heterocycles. The minimum atomic E-state index is -4.71. The number of alkyl halides is 3. The molecule has 0 radical (unpaired) electrons. The Kier molecular flexibility index (Phi) is 8.84. The Morgan fingerprint density at radius 1 is 0.811 bits per heavy atom. The van der Waals surface area contributed by atoms with Crippen molar-refractivity contribution in [2.75, 3.05) is 27.4 Å². The summed E-state index contributed by atoms with van der Waals surface area (Å²) in [4.78, 5) is -0.598. The highest BCUT2D eigenvalue weighted by Crippen LogP contribution is 2.31. The van der Waals surface area contributed by atoms with Crippen LogP contribution < -0.4 is 8.92 Å². The van der Waals surface area contributed by atoms with E-state index >= 15 is 0 Å². The Bertz CT molecular complexity index is 1410. The molecule has 0 amide bonds. The number of nitrogens with zero attached hydrogens (tertiary/aromatic N) is 1. The SMILES string of the molecule is COCCN(Cc1ccc(OS(=O)(=O)c2cccc(C(F)(F)F)c2)cc1)S(=O)(=O)c1ccc(OC)cc1. The number of ether oxygens (including phenoxy) is 2. The van der Waals surface area contributed by atoms with Crippen molar-refractivity contribution in [3.05, 3.63) is 83.9 Å². The van der Waals surface area contributed by atoms with Gasteiger partial charge in [-0.1, -0.05) is 18.2 Å². The summed E-state index contributed by atoms with van der Waals surface area (Å²) in [5, 5.41) is 0. The molecule has 0 atom stereocenters. The van der Waals surface area contributed by atoms with Gasteiger partial charge in [-0.05, 0) is 60.2 Å². The number of methoxy groups -OCH3 is 2. The highest BCUT2D eigenvalue weighted by molar-refractivity contribution is 7.89. The molecule has 0 unspecified atom stereocenters. The molecule has 0 fully saturated rings. The number of rotatable bonds is 11. The summed E-state index contributed by atoms with van der Waals surface area (Å²) < 4.78 is 106. The van der Waals surface area contributed by atoms with Gasteiger partial charge >= 0.3 is 16.3 Å². The molecule has 8 nitrogen and oxygen atoms in total. The van der Waals surface area contributed by atoms with Crippen LogP contribution >= 0.6 is 0 Å². The van der Waals surface area contributed by atoms with Crippen molar-refractivity contribution in [1.29, 1.82) is 0 Å². The minimum absolute atomic E-state index is 0.0486. The van der Waals surface area contributed by atoms with Crippen molar-refractivity contribution in [1.82, 2.24) is 4.31 Å². The zero-order valence-electron chi connectivity index (χ0n) is 19.8. The first-order valence-corrected chi connectivity index (χ1v) is 13.6. The lowest BCUT2D eigenvalue weighted by Crippen LogP contribution is -2.33. The largest absolute Gasteiger partial charge is 0.497 e. The summed E-state index contributed by atoms with van der Waals surface area (Å²) in [6.45, 7) is 0.122. The van der Waals surface area contributed by atoms with Gasteiger partial charge in [-0.2, -0.15) is 25.9 Å². The third kappa shape index (κ3) is 7.22. The second-order valence-electron chi connectivity index (χ2n) is 7.71. The molecule has 0 aliphatic rings. The third-order valence-corrected chi connectivity index (χ3v) is 8.28. The van der Waals surface area contributed by atoms with Crippen molar-refractivity contribution in [3.8, 4) is 11.5 Å². The molecule has 200 valence electrons. The maximum Gasteiger partial charge on any atom is 0.416 e. The summed E-state index contributed by atoms with van der Waals surface area (Å²) in [7, 11) is -5.55. The van der Waals surface area contributed by atoms with Crippen molar-refractivity contribution in [2.45, 2.75) is 22.5 Å². The predicted molar refractivity (Wildman–Crippen MR) is 128 cm³/mol. The van der Waals surface area contributed by atoms with E-state index in [1.807, 2.05) is 0 Å². The number of halogens is 3. The molecule has 0 N–H and O–H groups in total. The molecule has 0 aliphatic carbocycles. The summed E-state index contributed by atoms with van der Waals surface area (Å²) in [5.74, 6) is 0.348. The van der Waals surface area contributed by atoms with Crippen LogP contribution in [-0.2, 0) is 37.6 Å². The van der Waals surface area contributed by atoms with E-state index in [9.17, 15) is 30.0 Å². The first kappa shape index (κ1) is 28.4. The normalized spacial score (nSPS) is 12.5. The van der Waals surface area contributed by atoms with Gasteiger partial charge in [0.1, 0.15) is 16.4 Å². The topological polar surface area (TPSA) is 99.2 Å². The van der Waals surface area contributed by atoms with Crippen LogP contribution in [0.4, 0.5) is 13.2 Å². The van der Waals surface area contributed by atoms with Gasteiger partial charge in [0.2, 0.25) is 10.0 Å². The maximum atomic E-state index is 13.2. The molecular formula is C24H24F3NO7S2. The molecule has 0 saturated heterocycles. The predicted octanol–water partition coefficient (Wildman–Crippen LogP) is 4.32. The number of hydrogen-bond acceptors (Lipinski definition) is 7. The Labute approximate surface area is 213 Å². The second kappa shape index (κ2) is 11.5. The fourth-order valence-corrected chi connectivity index (χ4v) is 5.62. The summed E-state index contributed by atoms with van der Waals surface area (Å²) in [5.41, 5.74) is -0.612. The van der Waals surface area contributed by atoms with E-state index in [4.69, 9.17) is 13.7 Å². The maximum absolute atomic E-state index is 13.2. The first-order chi connectivity index (χ1) is 17.4. The molecule has 0 bridgehead atoms. The molecule has 3 aromatic carbocycles. The van der Waals surface area contributed by atoms with Crippen LogP contribution in [0.5, 0.6) is 11.5 Å². The van der Waals surface area contributed by atoms with Crippen LogP contribution in [0.3, 0.4) is 0 Å². The number of benzene rings is 3. The third-order valence-electron chi connectivity index (χ3n) is 5.18. The molecule has 0 aromatic heterocycles. The van der Waals surface area contributed by atoms with Gasteiger partial charge in [-0.25, -0.2) is 8.42 Å². The quantitative estimate of drug-likeness (QED) is 0.323. The zero-order chi connectivity index (χ0) is 27.3. The molecular weight excluding hydrogens is 535 g/mol. The highest BCUT2D eigenvalue weighted by Gasteiger charge is 2.32. The van der Waals surface area contributed by atoms with Gasteiger partial charge in [0.15, 0.2) is 0 Å². The van der Waals surface area contributed by atoms with Crippen LogP contribution in [0.2, 0.25) is 0 Å². The molecule has 3 aromatic rings. The number of hydrogen-bond donors (Lipinski definition) is 0. The van der Waals surface area contributed by atoms with E-state index in [0.717, 1.165) is 18.2 Å². The van der Waals surface area contributed by atoms with Crippen molar-refractivity contribution < 1.29 is 43.7 Å². The zero-order valence-corrected chi connectivity index (χ0v) is 21.4. The smallest absolute Gasteiger partial charge is 0.416 e. The van der Waals surface area contributed by atoms with E-state index in [-0.39, 0.29) is 30.3 Å². The summed E-state index contributed by atoms with van der Waals surface area (Å²) in [6, 6.07) is 14.6. The van der Waals surface area contributed by atoms with Gasteiger partial charge < -0.3 is 13.7 Å².